The van der Waals surface area contributed by atoms with Crippen LogP contribution >= 0.6 is 15.9 Å². The first-order valence-electron chi connectivity index (χ1n) is 2.21. The molecule has 42 valence electrons. The molecule has 0 aliphatic rings. The minimum Gasteiger partial charge on any atom is -0.780 e. The summed E-state index contributed by atoms with van der Waals surface area (Å²) in [5.74, 6) is 0. The molecule has 0 amide bonds. The van der Waals surface area contributed by atoms with Crippen molar-refractivity contribution in [3.63, 3.8) is 0 Å². The van der Waals surface area contributed by atoms with E-state index in [1.54, 1.807) is 0 Å². The van der Waals surface area contributed by atoms with Crippen LogP contribution in [-0.4, -0.2) is 0 Å². The summed E-state index contributed by atoms with van der Waals surface area (Å²) in [5, 5.41) is 0. The van der Waals surface area contributed by atoms with Gasteiger partial charge in [0.2, 0.25) is 0 Å². The molecule has 0 fully saturated rings. The molecule has 0 radical (unpaired) electrons. The van der Waals surface area contributed by atoms with Gasteiger partial charge in [-0.25, -0.2) is 0 Å². The number of rotatable bonds is 0. The fourth-order valence-corrected chi connectivity index (χ4v) is 0.835. The summed E-state index contributed by atoms with van der Waals surface area (Å²) in [6, 6.07) is 7.64. The van der Waals surface area contributed by atoms with Crippen molar-refractivity contribution in [3.05, 3.63) is 28.7 Å². The normalized spacial score (nSPS) is 8.11. The second-order valence-electron chi connectivity index (χ2n) is 1.45. The Kier molecular flexibility index (Phi) is 4.60. The van der Waals surface area contributed by atoms with Crippen LogP contribution in [-0.2, 0) is 12.6 Å². The van der Waals surface area contributed by atoms with Gasteiger partial charge in [0.05, 0.1) is 0 Å². The Morgan fingerprint density at radius 2 is 1.56 bits per heavy atom. The molecular weight excluding hydrogens is 191 g/mol. The van der Waals surface area contributed by atoms with E-state index in [1.807, 2.05) is 24.3 Å². The van der Waals surface area contributed by atoms with Crippen LogP contribution in [0.2, 0.25) is 0 Å². The van der Waals surface area contributed by atoms with Gasteiger partial charge in [-0.15, -0.1) is 0 Å². The largest absolute Gasteiger partial charge is 1.00 e. The van der Waals surface area contributed by atoms with Crippen molar-refractivity contribution in [1.29, 1.82) is 0 Å². The number of halogens is 1. The van der Waals surface area contributed by atoms with Gasteiger partial charge in [0.15, 0.2) is 0 Å². The minimum atomic E-state index is 0. The molecule has 0 spiro atoms. The van der Waals surface area contributed by atoms with Gasteiger partial charge >= 0.3 is 18.9 Å². The van der Waals surface area contributed by atoms with Gasteiger partial charge in [0.1, 0.15) is 0 Å². The molecule has 0 saturated carbocycles. The van der Waals surface area contributed by atoms with Crippen LogP contribution in [0, 0.1) is 0 Å². The van der Waals surface area contributed by atoms with Gasteiger partial charge in [0, 0.05) is 4.47 Å². The zero-order valence-corrected chi connectivity index (χ0v) is 7.50. The van der Waals surface area contributed by atoms with Crippen LogP contribution in [0.5, 0.6) is 0 Å². The van der Waals surface area contributed by atoms with Crippen molar-refractivity contribution in [3.8, 4) is 0 Å². The molecule has 0 N–H and O–H groups in total. The second-order valence-corrected chi connectivity index (χ2v) is 2.84. The SMILES string of the molecule is [Li+].[S-]c1ccc(Br)cc1. The molecule has 1 rings (SSSR count). The summed E-state index contributed by atoms with van der Waals surface area (Å²) in [5.41, 5.74) is 0. The molecule has 0 atom stereocenters. The van der Waals surface area contributed by atoms with E-state index in [0.717, 1.165) is 9.37 Å². The van der Waals surface area contributed by atoms with Crippen LogP contribution in [0.3, 0.4) is 0 Å². The Balaban J connectivity index is 0.000000640. The first-order valence-corrected chi connectivity index (χ1v) is 3.42. The average molecular weight is 195 g/mol. The molecule has 0 saturated heterocycles. The molecule has 0 aliphatic heterocycles. The molecule has 3 heteroatoms. The summed E-state index contributed by atoms with van der Waals surface area (Å²) in [6.07, 6.45) is 0. The van der Waals surface area contributed by atoms with Crippen molar-refractivity contribution >= 4 is 28.6 Å². The third kappa shape index (κ3) is 3.27. The van der Waals surface area contributed by atoms with Crippen LogP contribution in [0.25, 0.3) is 0 Å². The fourth-order valence-electron chi connectivity index (χ4n) is 0.435. The Labute approximate surface area is 80.8 Å². The van der Waals surface area contributed by atoms with Crippen LogP contribution in [0.4, 0.5) is 0 Å². The molecule has 0 aromatic heterocycles. The molecule has 0 aliphatic carbocycles. The molecule has 1 aromatic carbocycles. The number of hydrogen-bond acceptors (Lipinski definition) is 1. The minimum absolute atomic E-state index is 0. The van der Waals surface area contributed by atoms with E-state index in [2.05, 4.69) is 15.9 Å². The monoisotopic (exact) mass is 194 g/mol. The number of hydrogen-bond donors (Lipinski definition) is 0. The second kappa shape index (κ2) is 4.35. The summed E-state index contributed by atoms with van der Waals surface area (Å²) in [4.78, 5) is 0.883. The summed E-state index contributed by atoms with van der Waals surface area (Å²) in [6.45, 7) is 0. The Morgan fingerprint density at radius 1 is 1.11 bits per heavy atom. The third-order valence-electron chi connectivity index (χ3n) is 0.814. The van der Waals surface area contributed by atoms with E-state index < -0.39 is 0 Å². The Morgan fingerprint density at radius 3 is 1.89 bits per heavy atom. The van der Waals surface area contributed by atoms with E-state index in [4.69, 9.17) is 12.6 Å². The van der Waals surface area contributed by atoms with E-state index in [1.165, 1.54) is 0 Å². The molecule has 1 aromatic rings. The maximum Gasteiger partial charge on any atom is 1.00 e. The smallest absolute Gasteiger partial charge is 0.780 e. The Bertz CT molecular complexity index is 152. The zero-order chi connectivity index (χ0) is 5.98. The summed E-state index contributed by atoms with van der Waals surface area (Å²) >= 11 is 8.15. The number of benzene rings is 1. The predicted molar refractivity (Wildman–Crippen MR) is 39.8 cm³/mol. The first kappa shape index (κ1) is 9.52. The third-order valence-corrected chi connectivity index (χ3v) is 1.61. The van der Waals surface area contributed by atoms with E-state index in [9.17, 15) is 0 Å². The van der Waals surface area contributed by atoms with Crippen molar-refractivity contribution in [2.45, 2.75) is 4.90 Å². The van der Waals surface area contributed by atoms with Crippen molar-refractivity contribution in [2.24, 2.45) is 0 Å². The molecule has 0 bridgehead atoms. The zero-order valence-electron chi connectivity index (χ0n) is 5.10. The van der Waals surface area contributed by atoms with Gasteiger partial charge in [0.25, 0.3) is 0 Å². The van der Waals surface area contributed by atoms with E-state index in [-0.39, 0.29) is 18.9 Å². The maximum absolute atomic E-state index is 4.85. The Hall–Kier alpha value is 0.517. The van der Waals surface area contributed by atoms with Crippen LogP contribution in [0.1, 0.15) is 0 Å². The first-order chi connectivity index (χ1) is 3.79. The predicted octanol–water partition coefficient (Wildman–Crippen LogP) is -0.641. The molecule has 0 unspecified atom stereocenters. The fraction of sp³-hybridized carbons (Fsp3) is 0. The molecule has 0 nitrogen and oxygen atoms in total. The van der Waals surface area contributed by atoms with Crippen molar-refractivity contribution in [1.82, 2.24) is 0 Å². The molecule has 9 heavy (non-hydrogen) atoms. The molecular formula is C6H4BrLiS. The maximum atomic E-state index is 4.85. The topological polar surface area (TPSA) is 0 Å². The summed E-state index contributed by atoms with van der Waals surface area (Å²) < 4.78 is 1.08. The van der Waals surface area contributed by atoms with Crippen molar-refractivity contribution in [2.75, 3.05) is 0 Å². The van der Waals surface area contributed by atoms with Gasteiger partial charge < -0.3 is 12.6 Å². The van der Waals surface area contributed by atoms with Gasteiger partial charge in [-0.1, -0.05) is 28.1 Å². The quantitative estimate of drug-likeness (QED) is 0.392. The van der Waals surface area contributed by atoms with Gasteiger partial charge in [-0.3, -0.25) is 0 Å². The van der Waals surface area contributed by atoms with Gasteiger partial charge in [-0.2, -0.15) is 4.90 Å². The van der Waals surface area contributed by atoms with Crippen molar-refractivity contribution < 1.29 is 18.9 Å². The van der Waals surface area contributed by atoms with Crippen LogP contribution in [0.15, 0.2) is 33.6 Å². The average Bonchev–Trinajstić information content (AvgIpc) is 1.77. The molecule has 0 heterocycles. The summed E-state index contributed by atoms with van der Waals surface area (Å²) in [7, 11) is 0. The van der Waals surface area contributed by atoms with E-state index in [0.29, 0.717) is 0 Å². The van der Waals surface area contributed by atoms with E-state index >= 15 is 0 Å². The standard InChI is InChI=1S/C6H5BrS.Li/c7-5-1-3-6(8)4-2-5;/h1-4,8H;/q;+1/p-1. The van der Waals surface area contributed by atoms with Gasteiger partial charge in [-0.05, 0) is 12.1 Å². The van der Waals surface area contributed by atoms with Crippen LogP contribution < -0.4 is 18.9 Å².